The summed E-state index contributed by atoms with van der Waals surface area (Å²) in [6.07, 6.45) is 3.75. The zero-order valence-electron chi connectivity index (χ0n) is 1.58. The first kappa shape index (κ1) is 268. The molecule has 56 valence electrons. The van der Waals surface area contributed by atoms with Crippen LogP contribution in [0, 0.1) is 0 Å². The average Bonchev–Trinajstić information content (AvgIpc) is 1.00. The minimum Gasteiger partial charge on any atom is -0.344 e. The highest BCUT2D eigenvalue weighted by Crippen LogP contribution is 0.149. The summed E-state index contributed by atoms with van der Waals surface area (Å²) >= 11 is 0. The van der Waals surface area contributed by atoms with E-state index in [9.17, 15) is 0 Å². The van der Waals surface area contributed by atoms with E-state index in [-0.39, 0.29) is 44.6 Å². The van der Waals surface area contributed by atoms with E-state index in [1.54, 1.807) is 0 Å². The Morgan fingerprint density at radius 3 is 0.571 bits per heavy atom. The Morgan fingerprint density at radius 1 is 0.571 bits per heavy atom. The van der Waals surface area contributed by atoms with Gasteiger partial charge in [-0.25, -0.2) is 0 Å². The molecule has 0 saturated heterocycles. The van der Waals surface area contributed by atoms with Crippen LogP contribution in [0.2, 0.25) is 1.41 Å². The summed E-state index contributed by atoms with van der Waals surface area (Å²) in [5.41, 5.74) is 0. The third-order valence-corrected chi connectivity index (χ3v) is 0. The van der Waals surface area contributed by atoms with Crippen LogP contribution in [0.4, 0.5) is 0 Å². The van der Waals surface area contributed by atoms with E-state index in [4.69, 9.17) is 1.41 Å². The maximum absolute atomic E-state index is 5.25. The number of hydrogen-bond donors (Lipinski definition) is 1. The summed E-state index contributed by atoms with van der Waals surface area (Å²) in [6.45, 7) is 0. The molecule has 1 heteroatoms. The smallest absolute Gasteiger partial charge is 0.115 e. The first-order valence-corrected chi connectivity index (χ1v) is 0. The van der Waals surface area contributed by atoms with Gasteiger partial charge >= 0.3 is 0 Å². The van der Waals surface area contributed by atoms with Crippen molar-refractivity contribution in [1.82, 2.24) is 6.14 Å². The maximum atomic E-state index is 5.25. The predicted octanol–water partition coefficient (Wildman–Crippen LogP) is 3.98. The molecule has 0 amide bonds. The summed E-state index contributed by atoms with van der Waals surface area (Å²) in [4.78, 5) is 0. The Morgan fingerprint density at radius 2 is 0.571 bits per heavy atom. The lowest BCUT2D eigenvalue weighted by Crippen LogP contribution is -0.481. The molecular formula is C6H27N. The summed E-state index contributed by atoms with van der Waals surface area (Å²) in [5, 5.41) is 0. The molecule has 0 aliphatic rings. The van der Waals surface area contributed by atoms with Gasteiger partial charge in [-0.3, -0.25) is 0 Å². The number of hydrogen-bond acceptors (Lipinski definition) is 1. The summed E-state index contributed by atoms with van der Waals surface area (Å²) < 4.78 is 5.25. The van der Waals surface area contributed by atoms with Gasteiger partial charge in [-0.1, -0.05) is 44.6 Å². The van der Waals surface area contributed by atoms with Gasteiger partial charge in [0.2, 0.25) is 0 Å². The highest BCUT2D eigenvalue weighted by Gasteiger charge is -0.0725. The van der Waals surface area contributed by atoms with Crippen molar-refractivity contribution in [3.05, 3.63) is 0 Å². The van der Waals surface area contributed by atoms with Gasteiger partial charge in [0.1, 0.15) is 1.41 Å². The third-order valence-electron chi connectivity index (χ3n) is 0. The maximum Gasteiger partial charge on any atom is 0.115 e. The largest absolute Gasteiger partial charge is 0.344 e. The first-order valence-electron chi connectivity index (χ1n) is 0.577. The quantitative estimate of drug-likeness (QED) is 0.508. The van der Waals surface area contributed by atoms with Crippen LogP contribution in [0.15, 0.2) is 0 Å². The van der Waals surface area contributed by atoms with Gasteiger partial charge in [0.15, 0.2) is 0 Å². The molecule has 0 aliphatic carbocycles. The lowest BCUT2D eigenvalue weighted by atomic mass is 12.0. The molecule has 1 nitrogen and oxygen atoms in total. The molecule has 0 aromatic rings. The second-order valence-electron chi connectivity index (χ2n) is 0. The Bertz CT molecular complexity index is 8.49. The van der Waals surface area contributed by atoms with Crippen LogP contribution >= 0.6 is 0 Å². The standard InChI is InChI=1S/6CH4.H3N/h6*1H4;1H3/i/hD. The monoisotopic (exact) mass is 114 g/mol. The van der Waals surface area contributed by atoms with Crippen LogP contribution < -0.4 is 6.14 Å². The van der Waals surface area contributed by atoms with Crippen molar-refractivity contribution in [3.63, 3.8) is 0 Å². The highest BCUT2D eigenvalue weighted by molar-refractivity contribution is 2.51. The summed E-state index contributed by atoms with van der Waals surface area (Å²) in [7, 11) is 0. The fourth-order valence-corrected chi connectivity index (χ4v) is 0. The van der Waals surface area contributed by atoms with Gasteiger partial charge in [0.25, 0.3) is 0 Å². The molecule has 0 rings (SSSR count). The van der Waals surface area contributed by atoms with E-state index in [0.29, 0.717) is 0 Å². The minimum atomic E-state index is 0. The Labute approximate surface area is 53.2 Å². The van der Waals surface area contributed by atoms with Crippen LogP contribution in [0.3, 0.4) is 0 Å². The molecular weight excluding hydrogens is 86.1 g/mol. The molecule has 0 aromatic carbocycles. The van der Waals surface area contributed by atoms with Crippen molar-refractivity contribution in [2.24, 2.45) is 0 Å². The first-order chi connectivity index (χ1) is 1.00. The van der Waals surface area contributed by atoms with Gasteiger partial charge in [0.05, 0.1) is 0 Å². The highest BCUT2D eigenvalue weighted by atomic mass is 14.0. The fraction of sp³-hybridized carbons (Fsp3) is 1.00. The summed E-state index contributed by atoms with van der Waals surface area (Å²) in [5.74, 6) is 0. The van der Waals surface area contributed by atoms with Crippen molar-refractivity contribution in [2.75, 3.05) is 0 Å². The van der Waals surface area contributed by atoms with E-state index in [1.807, 2.05) is 0 Å². The number of rotatable bonds is 0. The summed E-state index contributed by atoms with van der Waals surface area (Å²) in [6, 6.07) is 0. The van der Waals surface area contributed by atoms with Crippen LogP contribution in [0.25, 0.3) is 0 Å². The zero-order chi connectivity index (χ0) is 2.00. The molecule has 0 fully saturated rings. The molecule has 0 unspecified atom stereocenters. The predicted molar refractivity (Wildman–Crippen MR) is 45.4 cm³/mol. The Kier molecular flexibility index (Phi) is 3510000. The van der Waals surface area contributed by atoms with Crippen LogP contribution in [-0.4, -0.2) is 0 Å². The van der Waals surface area contributed by atoms with E-state index < -0.39 is 0 Å². The molecule has 3 N–H and O–H groups in total. The average molecular weight is 114 g/mol. The molecule has 0 aliphatic heterocycles. The van der Waals surface area contributed by atoms with Crippen molar-refractivity contribution < 1.29 is 1.41 Å². The van der Waals surface area contributed by atoms with Crippen LogP contribution in [0.5, 0.6) is 0 Å². The molecule has 0 saturated carbocycles. The molecule has 0 aromatic heterocycles. The fourth-order valence-electron chi connectivity index (χ4n) is 0. The Balaban J connectivity index is -0.000000000333. The topological polar surface area (TPSA) is 35.0 Å². The second kappa shape index (κ2) is 91600. The van der Waals surface area contributed by atoms with Crippen molar-refractivity contribution in [2.45, 2.75) is 44.6 Å². The molecule has 0 spiro atoms. The van der Waals surface area contributed by atoms with Gasteiger partial charge in [0, 0.05) is 0 Å². The van der Waals surface area contributed by atoms with Gasteiger partial charge in [-0.15, -0.1) is 0 Å². The van der Waals surface area contributed by atoms with E-state index in [2.05, 4.69) is 6.14 Å². The lowest BCUT2D eigenvalue weighted by Gasteiger charge is -0.344. The third kappa shape index (κ3) is 58400. The second-order valence-corrected chi connectivity index (χ2v) is 0. The minimum absolute atomic E-state index is 0. The van der Waals surface area contributed by atoms with Crippen molar-refractivity contribution in [1.29, 1.82) is 0 Å². The molecule has 0 radical (unpaired) electrons. The van der Waals surface area contributed by atoms with E-state index in [0.717, 1.165) is 0 Å². The zero-order valence-corrected chi connectivity index (χ0v) is 0.577. The normalized spacial score (nSPS) is 1.00. The molecule has 0 bridgehead atoms. The molecule has 7 heavy (non-hydrogen) atoms. The van der Waals surface area contributed by atoms with E-state index >= 15 is 0 Å². The Hall–Kier alpha value is -0.0400. The van der Waals surface area contributed by atoms with Crippen molar-refractivity contribution >= 4 is 0 Å². The van der Waals surface area contributed by atoms with E-state index in [1.165, 1.54) is 0 Å². The van der Waals surface area contributed by atoms with Crippen molar-refractivity contribution in [3.8, 4) is 0 Å². The SMILES string of the molecule is C.C.C.C.C.C.[2H]N. The van der Waals surface area contributed by atoms with Gasteiger partial charge < -0.3 is 6.14 Å². The van der Waals surface area contributed by atoms with Crippen LogP contribution in [0.1, 0.15) is 44.6 Å². The molecule has 0 heterocycles. The van der Waals surface area contributed by atoms with Gasteiger partial charge in [-0.05, 0) is 0 Å². The lowest BCUT2D eigenvalue weighted by molar-refractivity contribution is 2.13. The van der Waals surface area contributed by atoms with Gasteiger partial charge in [-0.2, -0.15) is 0 Å². The van der Waals surface area contributed by atoms with Crippen LogP contribution in [-0.2, 0) is 0 Å². The molecule has 0 atom stereocenters.